The third-order valence-corrected chi connectivity index (χ3v) is 4.46. The maximum absolute atomic E-state index is 14.0. The number of benzene rings is 1. The average molecular weight is 390 g/mol. The molecule has 1 heterocycles. The largest absolute Gasteiger partial charge is 0.440 e. The molecular weight excluding hydrogens is 368 g/mol. The summed E-state index contributed by atoms with van der Waals surface area (Å²) in [7, 11) is 0. The highest BCUT2D eigenvalue weighted by Gasteiger charge is 2.38. The summed E-state index contributed by atoms with van der Waals surface area (Å²) in [5.41, 5.74) is -0.278. The molecule has 150 valence electrons. The standard InChI is InChI=1S/C18H22F4N2O3/c1-17(2,12-6-3-4-7-13(12)19)10-23-15(25)14-8-5-9-24(14)16(26)27-11-18(20,21)22/h3-4,6-7,14H,5,8-11H2,1-2H3,(H,23,25). The van der Waals surface area contributed by atoms with E-state index in [0.29, 0.717) is 18.4 Å². The lowest BCUT2D eigenvalue weighted by atomic mass is 9.84. The molecule has 0 aliphatic carbocycles. The fourth-order valence-corrected chi connectivity index (χ4v) is 3.02. The van der Waals surface area contributed by atoms with Gasteiger partial charge in [0.2, 0.25) is 5.91 Å². The average Bonchev–Trinajstić information content (AvgIpc) is 3.07. The summed E-state index contributed by atoms with van der Waals surface area (Å²) in [5.74, 6) is -0.893. The predicted octanol–water partition coefficient (Wildman–Crippen LogP) is 3.38. The van der Waals surface area contributed by atoms with E-state index in [0.717, 1.165) is 4.90 Å². The second-order valence-electron chi connectivity index (χ2n) is 7.10. The quantitative estimate of drug-likeness (QED) is 0.785. The van der Waals surface area contributed by atoms with Crippen molar-refractivity contribution in [3.8, 4) is 0 Å². The van der Waals surface area contributed by atoms with Crippen LogP contribution < -0.4 is 5.32 Å². The summed E-state index contributed by atoms with van der Waals surface area (Å²) in [6.07, 6.45) is -4.99. The number of carbonyl (C=O) groups excluding carboxylic acids is 2. The van der Waals surface area contributed by atoms with Crippen LogP contribution in [-0.4, -0.2) is 48.8 Å². The maximum Gasteiger partial charge on any atom is 0.422 e. The predicted molar refractivity (Wildman–Crippen MR) is 89.6 cm³/mol. The zero-order valence-corrected chi connectivity index (χ0v) is 15.1. The lowest BCUT2D eigenvalue weighted by Crippen LogP contribution is -2.49. The van der Waals surface area contributed by atoms with Crippen LogP contribution in [0.3, 0.4) is 0 Å². The van der Waals surface area contributed by atoms with Gasteiger partial charge in [-0.05, 0) is 24.5 Å². The van der Waals surface area contributed by atoms with Gasteiger partial charge in [-0.25, -0.2) is 9.18 Å². The van der Waals surface area contributed by atoms with Gasteiger partial charge >= 0.3 is 12.3 Å². The molecule has 1 N–H and O–H groups in total. The topological polar surface area (TPSA) is 58.6 Å². The van der Waals surface area contributed by atoms with Gasteiger partial charge in [0.1, 0.15) is 11.9 Å². The molecule has 5 nitrogen and oxygen atoms in total. The highest BCUT2D eigenvalue weighted by Crippen LogP contribution is 2.26. The van der Waals surface area contributed by atoms with Gasteiger partial charge in [0.25, 0.3) is 0 Å². The van der Waals surface area contributed by atoms with Gasteiger partial charge in [-0.3, -0.25) is 9.69 Å². The molecule has 1 atom stereocenters. The number of halogens is 4. The molecule has 1 unspecified atom stereocenters. The van der Waals surface area contributed by atoms with Gasteiger partial charge in [-0.1, -0.05) is 32.0 Å². The Bertz CT molecular complexity index is 691. The summed E-state index contributed by atoms with van der Waals surface area (Å²) in [6, 6.07) is 5.31. The van der Waals surface area contributed by atoms with Gasteiger partial charge in [0, 0.05) is 18.5 Å². The number of nitrogens with zero attached hydrogens (tertiary/aromatic N) is 1. The highest BCUT2D eigenvalue weighted by molar-refractivity contribution is 5.86. The smallest absolute Gasteiger partial charge is 0.422 e. The normalized spacial score (nSPS) is 17.7. The molecule has 1 saturated heterocycles. The van der Waals surface area contributed by atoms with Crippen LogP contribution in [0.25, 0.3) is 0 Å². The second-order valence-corrected chi connectivity index (χ2v) is 7.10. The van der Waals surface area contributed by atoms with E-state index in [4.69, 9.17) is 0 Å². The van der Waals surface area contributed by atoms with Crippen molar-refractivity contribution in [2.45, 2.75) is 44.3 Å². The van der Waals surface area contributed by atoms with Crippen molar-refractivity contribution in [2.24, 2.45) is 0 Å². The van der Waals surface area contributed by atoms with E-state index in [1.807, 2.05) is 0 Å². The molecule has 1 aromatic rings. The van der Waals surface area contributed by atoms with Crippen LogP contribution in [0, 0.1) is 5.82 Å². The van der Waals surface area contributed by atoms with Crippen LogP contribution >= 0.6 is 0 Å². The summed E-state index contributed by atoms with van der Waals surface area (Å²) in [5, 5.41) is 2.67. The van der Waals surface area contributed by atoms with Gasteiger partial charge in [0.15, 0.2) is 6.61 Å². The first-order valence-electron chi connectivity index (χ1n) is 8.54. The maximum atomic E-state index is 14.0. The van der Waals surface area contributed by atoms with Crippen LogP contribution in [0.5, 0.6) is 0 Å². The molecule has 1 aliphatic heterocycles. The number of amides is 2. The van der Waals surface area contributed by atoms with E-state index < -0.39 is 42.1 Å². The Hall–Kier alpha value is -2.32. The Kier molecular flexibility index (Phi) is 6.33. The van der Waals surface area contributed by atoms with E-state index >= 15 is 0 Å². The van der Waals surface area contributed by atoms with Crippen molar-refractivity contribution >= 4 is 12.0 Å². The number of ether oxygens (including phenoxy) is 1. The number of rotatable bonds is 5. The molecule has 0 spiro atoms. The van der Waals surface area contributed by atoms with Gasteiger partial charge < -0.3 is 10.1 Å². The van der Waals surface area contributed by atoms with Gasteiger partial charge in [-0.2, -0.15) is 13.2 Å². The lowest BCUT2D eigenvalue weighted by molar-refractivity contribution is -0.162. The number of hydrogen-bond acceptors (Lipinski definition) is 3. The van der Waals surface area contributed by atoms with Crippen LogP contribution in [0.1, 0.15) is 32.3 Å². The van der Waals surface area contributed by atoms with Gasteiger partial charge in [0.05, 0.1) is 0 Å². The summed E-state index contributed by atoms with van der Waals surface area (Å²) in [6.45, 7) is 2.07. The molecule has 2 rings (SSSR count). The molecule has 1 aliphatic rings. The minimum absolute atomic E-state index is 0.106. The van der Waals surface area contributed by atoms with Crippen molar-refractivity contribution < 1.29 is 31.9 Å². The summed E-state index contributed by atoms with van der Waals surface area (Å²) in [4.78, 5) is 25.3. The minimum Gasteiger partial charge on any atom is -0.440 e. The number of alkyl halides is 3. The summed E-state index contributed by atoms with van der Waals surface area (Å²) >= 11 is 0. The Morgan fingerprint density at radius 3 is 2.56 bits per heavy atom. The Morgan fingerprint density at radius 1 is 1.26 bits per heavy atom. The minimum atomic E-state index is -4.63. The Labute approximate surface area is 154 Å². The fraction of sp³-hybridized carbons (Fsp3) is 0.556. The van der Waals surface area contributed by atoms with Crippen LogP contribution in [-0.2, 0) is 14.9 Å². The van der Waals surface area contributed by atoms with E-state index in [1.54, 1.807) is 32.0 Å². The first-order valence-corrected chi connectivity index (χ1v) is 8.54. The molecular formula is C18H22F4N2O3. The van der Waals surface area contributed by atoms with E-state index in [-0.39, 0.29) is 13.1 Å². The van der Waals surface area contributed by atoms with Crippen LogP contribution in [0.2, 0.25) is 0 Å². The highest BCUT2D eigenvalue weighted by atomic mass is 19.4. The molecule has 0 saturated carbocycles. The summed E-state index contributed by atoms with van der Waals surface area (Å²) < 4.78 is 54.8. The third kappa shape index (κ3) is 5.58. The first kappa shape index (κ1) is 21.0. The van der Waals surface area contributed by atoms with E-state index in [2.05, 4.69) is 10.1 Å². The van der Waals surface area contributed by atoms with Crippen LogP contribution in [0.4, 0.5) is 22.4 Å². The Balaban J connectivity index is 1.96. The van der Waals surface area contributed by atoms with Crippen molar-refractivity contribution in [3.63, 3.8) is 0 Å². The van der Waals surface area contributed by atoms with Crippen molar-refractivity contribution in [3.05, 3.63) is 35.6 Å². The zero-order valence-electron chi connectivity index (χ0n) is 15.1. The third-order valence-electron chi connectivity index (χ3n) is 4.46. The first-order chi connectivity index (χ1) is 12.5. The van der Waals surface area contributed by atoms with Crippen molar-refractivity contribution in [1.82, 2.24) is 10.2 Å². The molecule has 1 fully saturated rings. The second kappa shape index (κ2) is 8.14. The number of hydrogen-bond donors (Lipinski definition) is 1. The lowest BCUT2D eigenvalue weighted by Gasteiger charge is -2.28. The molecule has 2 amide bonds. The molecule has 1 aromatic carbocycles. The van der Waals surface area contributed by atoms with Crippen molar-refractivity contribution in [2.75, 3.05) is 19.7 Å². The number of nitrogens with one attached hydrogen (secondary N) is 1. The fourth-order valence-electron chi connectivity index (χ4n) is 3.02. The van der Waals surface area contributed by atoms with Crippen LogP contribution in [0.15, 0.2) is 24.3 Å². The SMILES string of the molecule is CC(C)(CNC(=O)C1CCCN1C(=O)OCC(F)(F)F)c1ccccc1F. The molecule has 0 bridgehead atoms. The van der Waals surface area contributed by atoms with Gasteiger partial charge in [-0.15, -0.1) is 0 Å². The number of carbonyl (C=O) groups is 2. The molecule has 27 heavy (non-hydrogen) atoms. The molecule has 0 aromatic heterocycles. The van der Waals surface area contributed by atoms with E-state index in [1.165, 1.54) is 6.07 Å². The zero-order chi connectivity index (χ0) is 20.2. The monoisotopic (exact) mass is 390 g/mol. The number of likely N-dealkylation sites (tertiary alicyclic amines) is 1. The Morgan fingerprint density at radius 2 is 1.93 bits per heavy atom. The van der Waals surface area contributed by atoms with E-state index in [9.17, 15) is 27.2 Å². The molecule has 0 radical (unpaired) electrons. The van der Waals surface area contributed by atoms with Crippen molar-refractivity contribution in [1.29, 1.82) is 0 Å². The molecule has 9 heteroatoms.